The molecule has 2 radical (unpaired) electrons. The van der Waals surface area contributed by atoms with Crippen LogP contribution in [0.3, 0.4) is 0 Å². The zero-order chi connectivity index (χ0) is 16.3. The predicted molar refractivity (Wildman–Crippen MR) is 88.9 cm³/mol. The number of hydrogen-bond acceptors (Lipinski definition) is 4. The van der Waals surface area contributed by atoms with E-state index in [1.165, 1.54) is 12.2 Å². The number of rotatable bonds is 6. The van der Waals surface area contributed by atoms with E-state index in [9.17, 15) is 9.59 Å². The van der Waals surface area contributed by atoms with E-state index in [-0.39, 0.29) is 0 Å². The fourth-order valence-corrected chi connectivity index (χ4v) is 2.96. The van der Waals surface area contributed by atoms with Crippen molar-refractivity contribution in [3.8, 4) is 0 Å². The van der Waals surface area contributed by atoms with Crippen LogP contribution in [0.15, 0.2) is 72.8 Å². The molecule has 0 amide bonds. The third-order valence-electron chi connectivity index (χ3n) is 2.71. The Kier molecular flexibility index (Phi) is 7.25. The summed E-state index contributed by atoms with van der Waals surface area (Å²) in [6, 6.07) is 18.8. The Morgan fingerprint density at radius 1 is 0.696 bits per heavy atom. The molecule has 0 atom stereocenters. The Bertz CT molecular complexity index is 632. The van der Waals surface area contributed by atoms with E-state index in [0.717, 1.165) is 11.1 Å². The fraction of sp³-hybridized carbons (Fsp3) is 0. The molecule has 0 N–H and O–H groups in total. The molecule has 0 aliphatic rings. The quantitative estimate of drug-likeness (QED) is 0.451. The Hall–Kier alpha value is -2.22. The molecule has 0 saturated heterocycles. The van der Waals surface area contributed by atoms with Crippen LogP contribution in [0.2, 0.25) is 0 Å². The van der Waals surface area contributed by atoms with Gasteiger partial charge in [0.15, 0.2) is 0 Å². The molecule has 0 aromatic heterocycles. The first kappa shape index (κ1) is 17.1. The van der Waals surface area contributed by atoms with Gasteiger partial charge in [0.1, 0.15) is 0 Å². The molecule has 4 nitrogen and oxygen atoms in total. The minimum absolute atomic E-state index is 0.489. The van der Waals surface area contributed by atoms with Crippen molar-refractivity contribution in [3.05, 3.63) is 83.9 Å². The molecule has 114 valence electrons. The summed E-state index contributed by atoms with van der Waals surface area (Å²) < 4.78 is 9.96. The molecule has 0 spiro atoms. The van der Waals surface area contributed by atoms with Gasteiger partial charge in [-0.3, -0.25) is 0 Å². The van der Waals surface area contributed by atoms with Crippen LogP contribution in [0.4, 0.5) is 0 Å². The molecular formula is C18H14O4Pb. The van der Waals surface area contributed by atoms with Crippen molar-refractivity contribution in [1.82, 2.24) is 0 Å². The van der Waals surface area contributed by atoms with E-state index in [2.05, 4.69) is 0 Å². The van der Waals surface area contributed by atoms with Crippen LogP contribution < -0.4 is 0 Å². The van der Waals surface area contributed by atoms with Crippen LogP contribution in [0.5, 0.6) is 0 Å². The number of hydrogen-bond donors (Lipinski definition) is 0. The molecule has 0 aliphatic heterocycles. The fourth-order valence-electron chi connectivity index (χ4n) is 1.63. The summed E-state index contributed by atoms with van der Waals surface area (Å²) in [5.41, 5.74) is 1.81. The number of carbonyl (C=O) groups excluding carboxylic acids is 2. The maximum atomic E-state index is 11.5. The summed E-state index contributed by atoms with van der Waals surface area (Å²) in [7, 11) is 0. The van der Waals surface area contributed by atoms with Gasteiger partial charge in [-0.1, -0.05) is 0 Å². The van der Waals surface area contributed by atoms with Crippen molar-refractivity contribution in [2.75, 3.05) is 0 Å². The van der Waals surface area contributed by atoms with Crippen molar-refractivity contribution in [2.24, 2.45) is 0 Å². The second kappa shape index (κ2) is 9.73. The van der Waals surface area contributed by atoms with Crippen molar-refractivity contribution < 1.29 is 15.0 Å². The summed E-state index contributed by atoms with van der Waals surface area (Å²) in [5.74, 6) is -0.978. The van der Waals surface area contributed by atoms with E-state index in [1.54, 1.807) is 12.2 Å². The summed E-state index contributed by atoms with van der Waals surface area (Å²) in [6.07, 6.45) is 5.97. The van der Waals surface area contributed by atoms with E-state index >= 15 is 0 Å². The van der Waals surface area contributed by atoms with Gasteiger partial charge >= 0.3 is 148 Å². The molecule has 0 heterocycles. The summed E-state index contributed by atoms with van der Waals surface area (Å²) in [6.45, 7) is 0. The van der Waals surface area contributed by atoms with Gasteiger partial charge < -0.3 is 0 Å². The van der Waals surface area contributed by atoms with Crippen LogP contribution in [-0.4, -0.2) is 37.1 Å². The third kappa shape index (κ3) is 7.05. The van der Waals surface area contributed by atoms with Crippen molar-refractivity contribution in [3.63, 3.8) is 0 Å². The van der Waals surface area contributed by atoms with Gasteiger partial charge in [0.25, 0.3) is 0 Å². The van der Waals surface area contributed by atoms with Crippen molar-refractivity contribution in [1.29, 1.82) is 0 Å². The molecule has 2 aromatic rings. The normalized spacial score (nSPS) is 10.8. The van der Waals surface area contributed by atoms with Gasteiger partial charge in [0, 0.05) is 0 Å². The minimum atomic E-state index is -2.19. The molecule has 0 fully saturated rings. The van der Waals surface area contributed by atoms with E-state index < -0.39 is 37.1 Å². The standard InChI is InChI=1S/2C9H8O2.Pb/c2*10-9(11)7-6-8-4-2-1-3-5-8;/h2*1-7H,(H,10,11);/q;;+2/p-2. The zero-order valence-electron chi connectivity index (χ0n) is 12.2. The van der Waals surface area contributed by atoms with E-state index in [4.69, 9.17) is 5.37 Å². The SMILES string of the molecule is O=C(C=Cc1ccccc1)[O][Pb][O]C(=O)C=Cc1ccccc1. The van der Waals surface area contributed by atoms with Gasteiger partial charge in [-0.2, -0.15) is 0 Å². The van der Waals surface area contributed by atoms with Gasteiger partial charge in [-0.25, -0.2) is 0 Å². The second-order valence-corrected chi connectivity index (χ2v) is 6.65. The van der Waals surface area contributed by atoms with Gasteiger partial charge in [0.05, 0.1) is 0 Å². The average Bonchev–Trinajstić information content (AvgIpc) is 2.60. The molecule has 5 heteroatoms. The molecule has 0 unspecified atom stereocenters. The van der Waals surface area contributed by atoms with E-state index in [1.807, 2.05) is 60.7 Å². The topological polar surface area (TPSA) is 52.6 Å². The monoisotopic (exact) mass is 502 g/mol. The average molecular weight is 502 g/mol. The van der Waals surface area contributed by atoms with Crippen molar-refractivity contribution in [2.45, 2.75) is 0 Å². The zero-order valence-corrected chi connectivity index (χ0v) is 16.1. The number of carbonyl (C=O) groups is 2. The molecular weight excluding hydrogens is 487 g/mol. The van der Waals surface area contributed by atoms with Gasteiger partial charge in [-0.15, -0.1) is 0 Å². The second-order valence-electron chi connectivity index (χ2n) is 4.41. The Morgan fingerprint density at radius 3 is 1.48 bits per heavy atom. The number of benzene rings is 2. The van der Waals surface area contributed by atoms with Gasteiger partial charge in [0.2, 0.25) is 0 Å². The first-order valence-corrected chi connectivity index (χ1v) is 10.0. The van der Waals surface area contributed by atoms with Crippen molar-refractivity contribution >= 4 is 49.2 Å². The maximum absolute atomic E-state index is 11.5. The summed E-state index contributed by atoms with van der Waals surface area (Å²) >= 11 is -2.19. The first-order chi connectivity index (χ1) is 11.2. The molecule has 0 aliphatic carbocycles. The van der Waals surface area contributed by atoms with Crippen LogP contribution >= 0.6 is 0 Å². The Morgan fingerprint density at radius 2 is 1.09 bits per heavy atom. The van der Waals surface area contributed by atoms with Crippen LogP contribution in [0, 0.1) is 0 Å². The van der Waals surface area contributed by atoms with Crippen LogP contribution in [-0.2, 0) is 15.0 Å². The summed E-state index contributed by atoms with van der Waals surface area (Å²) in [5, 5.41) is 0. The van der Waals surface area contributed by atoms with Gasteiger partial charge in [-0.05, 0) is 0 Å². The Labute approximate surface area is 148 Å². The van der Waals surface area contributed by atoms with Crippen LogP contribution in [0.1, 0.15) is 11.1 Å². The molecule has 0 saturated carbocycles. The summed E-state index contributed by atoms with van der Waals surface area (Å²) in [4.78, 5) is 23.0. The van der Waals surface area contributed by atoms with E-state index in [0.29, 0.717) is 0 Å². The predicted octanol–water partition coefficient (Wildman–Crippen LogP) is 3.03. The molecule has 23 heavy (non-hydrogen) atoms. The molecule has 2 rings (SSSR count). The first-order valence-electron chi connectivity index (χ1n) is 6.87. The third-order valence-corrected chi connectivity index (χ3v) is 4.92. The Balaban J connectivity index is 1.70. The van der Waals surface area contributed by atoms with Crippen LogP contribution in [0.25, 0.3) is 12.2 Å². The molecule has 2 aromatic carbocycles. The molecule has 0 bridgehead atoms.